The van der Waals surface area contributed by atoms with Crippen molar-refractivity contribution in [2.75, 3.05) is 6.54 Å². The molecule has 0 bridgehead atoms. The first-order valence-corrected chi connectivity index (χ1v) is 5.62. The van der Waals surface area contributed by atoms with Gasteiger partial charge in [0.05, 0.1) is 0 Å². The second kappa shape index (κ2) is 3.48. The summed E-state index contributed by atoms with van der Waals surface area (Å²) >= 11 is 0. The Morgan fingerprint density at radius 1 is 1.44 bits per heavy atom. The van der Waals surface area contributed by atoms with Gasteiger partial charge in [-0.1, -0.05) is 0 Å². The third kappa shape index (κ3) is 1.37. The van der Waals surface area contributed by atoms with Gasteiger partial charge in [0, 0.05) is 24.9 Å². The number of amidine groups is 1. The minimum atomic E-state index is -0.354. The van der Waals surface area contributed by atoms with Gasteiger partial charge in [0.2, 0.25) is 6.17 Å². The molecule has 6 heteroatoms. The standard InChI is InChI=1S/C10H15N5O/c11-4-3-8-12-13-9-10(16)14(7-1-2-7)5-6-15(8)9/h5-7,9,13H,1-4,11H2. The zero-order valence-corrected chi connectivity index (χ0v) is 8.97. The Bertz CT molecular complexity index is 373. The molecule has 1 aliphatic carbocycles. The molecule has 0 aromatic rings. The lowest BCUT2D eigenvalue weighted by atomic mass is 10.2. The van der Waals surface area contributed by atoms with Crippen LogP contribution >= 0.6 is 0 Å². The van der Waals surface area contributed by atoms with E-state index in [-0.39, 0.29) is 12.1 Å². The van der Waals surface area contributed by atoms with Crippen molar-refractivity contribution < 1.29 is 4.79 Å². The van der Waals surface area contributed by atoms with Gasteiger partial charge in [0.25, 0.3) is 5.91 Å². The molecule has 0 aromatic heterocycles. The van der Waals surface area contributed by atoms with Crippen LogP contribution in [0.25, 0.3) is 0 Å². The summed E-state index contributed by atoms with van der Waals surface area (Å²) in [5.74, 6) is 0.924. The smallest absolute Gasteiger partial charge is 0.272 e. The van der Waals surface area contributed by atoms with Crippen LogP contribution in [0.4, 0.5) is 0 Å². The van der Waals surface area contributed by atoms with Crippen molar-refractivity contribution >= 4 is 11.7 Å². The molecule has 0 radical (unpaired) electrons. The van der Waals surface area contributed by atoms with Crippen molar-refractivity contribution in [3.63, 3.8) is 0 Å². The lowest BCUT2D eigenvalue weighted by molar-refractivity contribution is -0.134. The molecule has 0 spiro atoms. The Labute approximate surface area is 93.8 Å². The van der Waals surface area contributed by atoms with E-state index in [0.29, 0.717) is 19.0 Å². The van der Waals surface area contributed by atoms with E-state index in [1.165, 1.54) is 0 Å². The quantitative estimate of drug-likeness (QED) is 0.664. The Balaban J connectivity index is 1.79. The summed E-state index contributed by atoms with van der Waals surface area (Å²) in [6.45, 7) is 0.540. The third-order valence-electron chi connectivity index (χ3n) is 3.08. The van der Waals surface area contributed by atoms with E-state index in [0.717, 1.165) is 18.7 Å². The van der Waals surface area contributed by atoms with Gasteiger partial charge in [-0.05, 0) is 19.4 Å². The first-order chi connectivity index (χ1) is 7.81. The number of nitrogens with one attached hydrogen (secondary N) is 1. The molecule has 6 nitrogen and oxygen atoms in total. The molecule has 1 amide bonds. The van der Waals surface area contributed by atoms with Gasteiger partial charge in [0.15, 0.2) is 0 Å². The van der Waals surface area contributed by atoms with Crippen LogP contribution < -0.4 is 11.2 Å². The highest BCUT2D eigenvalue weighted by Gasteiger charge is 2.42. The van der Waals surface area contributed by atoms with Gasteiger partial charge in [0.1, 0.15) is 5.84 Å². The van der Waals surface area contributed by atoms with Gasteiger partial charge < -0.3 is 15.5 Å². The number of fused-ring (bicyclic) bond motifs is 1. The molecule has 1 saturated carbocycles. The molecule has 1 unspecified atom stereocenters. The molecule has 0 aromatic carbocycles. The van der Waals surface area contributed by atoms with Crippen molar-refractivity contribution in [2.24, 2.45) is 10.8 Å². The number of nitrogens with two attached hydrogens (primary N) is 1. The molecule has 3 N–H and O–H groups in total. The molecule has 2 heterocycles. The van der Waals surface area contributed by atoms with Crippen LogP contribution in [0.3, 0.4) is 0 Å². The second-order valence-electron chi connectivity index (χ2n) is 4.28. The lowest BCUT2D eigenvalue weighted by Crippen LogP contribution is -2.52. The average molecular weight is 221 g/mol. The fourth-order valence-corrected chi connectivity index (χ4v) is 2.08. The average Bonchev–Trinajstić information content (AvgIpc) is 3.03. The summed E-state index contributed by atoms with van der Waals surface area (Å²) in [5, 5.41) is 4.15. The van der Waals surface area contributed by atoms with Gasteiger partial charge in [-0.15, -0.1) is 0 Å². The van der Waals surface area contributed by atoms with Crippen LogP contribution in [0, 0.1) is 0 Å². The predicted molar refractivity (Wildman–Crippen MR) is 58.9 cm³/mol. The summed E-state index contributed by atoms with van der Waals surface area (Å²) < 4.78 is 0. The Morgan fingerprint density at radius 2 is 2.19 bits per heavy atom. The molecule has 3 aliphatic rings. The number of hydrogen-bond donors (Lipinski definition) is 2. The first-order valence-electron chi connectivity index (χ1n) is 5.62. The molecule has 3 rings (SSSR count). The van der Waals surface area contributed by atoms with Crippen LogP contribution in [0.1, 0.15) is 19.3 Å². The summed E-state index contributed by atoms with van der Waals surface area (Å²) in [4.78, 5) is 15.8. The van der Waals surface area contributed by atoms with Crippen molar-refractivity contribution in [1.82, 2.24) is 15.2 Å². The Hall–Kier alpha value is -1.56. The topological polar surface area (TPSA) is 74.0 Å². The second-order valence-corrected chi connectivity index (χ2v) is 4.28. The zero-order valence-electron chi connectivity index (χ0n) is 8.97. The molecule has 1 atom stereocenters. The summed E-state index contributed by atoms with van der Waals surface area (Å²) in [6, 6.07) is 0.409. The summed E-state index contributed by atoms with van der Waals surface area (Å²) in [5.41, 5.74) is 8.37. The minimum absolute atomic E-state index is 0.0840. The minimum Gasteiger partial charge on any atom is -0.330 e. The highest BCUT2D eigenvalue weighted by atomic mass is 16.2. The van der Waals surface area contributed by atoms with Gasteiger partial charge in [-0.2, -0.15) is 5.10 Å². The summed E-state index contributed by atoms with van der Waals surface area (Å²) in [7, 11) is 0. The highest BCUT2D eigenvalue weighted by Crippen LogP contribution is 2.30. The fraction of sp³-hybridized carbons (Fsp3) is 0.600. The van der Waals surface area contributed by atoms with Crippen molar-refractivity contribution in [2.45, 2.75) is 31.5 Å². The SMILES string of the molecule is NCCC1=NNC2C(=O)N(C3CC3)C=CN12. The van der Waals surface area contributed by atoms with Gasteiger partial charge in [-0.25, -0.2) is 0 Å². The number of hydrazone groups is 1. The maximum Gasteiger partial charge on any atom is 0.272 e. The molecule has 0 saturated heterocycles. The molecule has 1 fully saturated rings. The van der Waals surface area contributed by atoms with Gasteiger partial charge in [-0.3, -0.25) is 10.2 Å². The number of nitrogens with zero attached hydrogens (tertiary/aromatic N) is 3. The Kier molecular flexibility index (Phi) is 2.10. The highest BCUT2D eigenvalue weighted by molar-refractivity contribution is 5.94. The van der Waals surface area contributed by atoms with E-state index in [4.69, 9.17) is 5.73 Å². The number of hydrogen-bond acceptors (Lipinski definition) is 5. The van der Waals surface area contributed by atoms with Crippen LogP contribution in [0.5, 0.6) is 0 Å². The summed E-state index contributed by atoms with van der Waals surface area (Å²) in [6.07, 6.45) is 6.32. The van der Waals surface area contributed by atoms with E-state index in [1.807, 2.05) is 22.2 Å². The van der Waals surface area contributed by atoms with Gasteiger partial charge >= 0.3 is 0 Å². The number of amides is 1. The van der Waals surface area contributed by atoms with E-state index in [9.17, 15) is 4.79 Å². The van der Waals surface area contributed by atoms with E-state index in [2.05, 4.69) is 10.5 Å². The maximum atomic E-state index is 12.1. The van der Waals surface area contributed by atoms with Crippen molar-refractivity contribution in [3.05, 3.63) is 12.4 Å². The van der Waals surface area contributed by atoms with Crippen LogP contribution in [0.15, 0.2) is 17.5 Å². The number of carbonyl (C=O) groups is 1. The number of rotatable bonds is 3. The van der Waals surface area contributed by atoms with Crippen LogP contribution in [-0.2, 0) is 4.79 Å². The monoisotopic (exact) mass is 221 g/mol. The maximum absolute atomic E-state index is 12.1. The van der Waals surface area contributed by atoms with E-state index in [1.54, 1.807) is 0 Å². The molecule has 2 aliphatic heterocycles. The third-order valence-corrected chi connectivity index (χ3v) is 3.08. The Morgan fingerprint density at radius 3 is 2.88 bits per heavy atom. The zero-order chi connectivity index (χ0) is 11.1. The van der Waals surface area contributed by atoms with Crippen LogP contribution in [-0.4, -0.2) is 40.3 Å². The molecular formula is C10H15N5O. The molecular weight excluding hydrogens is 206 g/mol. The van der Waals surface area contributed by atoms with E-state index < -0.39 is 0 Å². The van der Waals surface area contributed by atoms with Crippen molar-refractivity contribution in [3.8, 4) is 0 Å². The lowest BCUT2D eigenvalue weighted by Gasteiger charge is -2.32. The fourth-order valence-electron chi connectivity index (χ4n) is 2.08. The molecule has 16 heavy (non-hydrogen) atoms. The van der Waals surface area contributed by atoms with E-state index >= 15 is 0 Å². The predicted octanol–water partition coefficient (Wildman–Crippen LogP) is -0.644. The largest absolute Gasteiger partial charge is 0.330 e. The van der Waals surface area contributed by atoms with Crippen LogP contribution in [0.2, 0.25) is 0 Å². The van der Waals surface area contributed by atoms with Crippen molar-refractivity contribution in [1.29, 1.82) is 0 Å². The first kappa shape index (κ1) is 9.65. The normalized spacial score (nSPS) is 27.9. The number of carbonyl (C=O) groups excluding carboxylic acids is 1. The molecule has 86 valence electrons.